The molecule has 14 heteroatoms. The van der Waals surface area contributed by atoms with E-state index in [9.17, 15) is 14.2 Å². The van der Waals surface area contributed by atoms with Gasteiger partial charge in [-0.15, -0.1) is 0 Å². The van der Waals surface area contributed by atoms with Gasteiger partial charge in [0.1, 0.15) is 23.4 Å². The van der Waals surface area contributed by atoms with Crippen LogP contribution in [0.4, 0.5) is 14.6 Å². The quantitative estimate of drug-likeness (QED) is 0.198. The molecule has 1 aromatic heterocycles. The van der Waals surface area contributed by atoms with Crippen LogP contribution in [0, 0.1) is 0 Å². The molecule has 1 fully saturated rings. The van der Waals surface area contributed by atoms with E-state index >= 15 is 8.78 Å². The van der Waals surface area contributed by atoms with Crippen molar-refractivity contribution >= 4 is 19.6 Å². The lowest BCUT2D eigenvalue weighted by Crippen LogP contribution is -2.44. The van der Waals surface area contributed by atoms with Gasteiger partial charge in [0.2, 0.25) is 6.23 Å². The molecule has 0 amide bonds. The number of nitrogen functional groups attached to an aromatic ring is 1. The SMILES string of the molecule is Nc1ccn([C@@H]2OC(COP(=O)(Oc3ccccc3)Oc3ccccc3)[C@@H](OC(=O)c3ccccc3)C2(F)F)c(=O)n1. The van der Waals surface area contributed by atoms with Crippen LogP contribution in [-0.4, -0.2) is 40.3 Å². The largest absolute Gasteiger partial charge is 0.587 e. The molecule has 1 saturated heterocycles. The van der Waals surface area contributed by atoms with Gasteiger partial charge < -0.3 is 24.3 Å². The van der Waals surface area contributed by atoms with Crippen molar-refractivity contribution in [3.8, 4) is 11.5 Å². The predicted octanol–water partition coefficient (Wildman–Crippen LogP) is 4.87. The number of para-hydroxylation sites is 2. The van der Waals surface area contributed by atoms with E-state index in [1.165, 1.54) is 48.5 Å². The lowest BCUT2D eigenvalue weighted by Gasteiger charge is -2.25. The van der Waals surface area contributed by atoms with Gasteiger partial charge in [-0.05, 0) is 42.5 Å². The summed E-state index contributed by atoms with van der Waals surface area (Å²) in [5.74, 6) is -5.04. The van der Waals surface area contributed by atoms with E-state index < -0.39 is 50.4 Å². The predicted molar refractivity (Wildman–Crippen MR) is 145 cm³/mol. The Morgan fingerprint density at radius 3 is 2.02 bits per heavy atom. The van der Waals surface area contributed by atoms with Crippen LogP contribution in [0.25, 0.3) is 0 Å². The first-order valence-electron chi connectivity index (χ1n) is 12.5. The molecular formula is C28H24F2N3O8P. The molecule has 0 bridgehead atoms. The lowest BCUT2D eigenvalue weighted by atomic mass is 10.1. The molecule has 0 radical (unpaired) electrons. The van der Waals surface area contributed by atoms with Gasteiger partial charge in [-0.25, -0.2) is 14.2 Å². The number of phosphoric ester groups is 1. The number of rotatable bonds is 10. The monoisotopic (exact) mass is 599 g/mol. The molecule has 11 nitrogen and oxygen atoms in total. The molecule has 1 aliphatic rings. The van der Waals surface area contributed by atoms with Gasteiger partial charge >= 0.3 is 25.4 Å². The Labute approximate surface area is 238 Å². The molecule has 1 aliphatic heterocycles. The number of carbonyl (C=O) groups is 1. The van der Waals surface area contributed by atoms with Crippen molar-refractivity contribution in [1.29, 1.82) is 0 Å². The molecule has 4 aromatic rings. The Hall–Kier alpha value is -4.58. The van der Waals surface area contributed by atoms with E-state index in [0.29, 0.717) is 4.57 Å². The van der Waals surface area contributed by atoms with Crippen molar-refractivity contribution in [1.82, 2.24) is 9.55 Å². The second-order valence-corrected chi connectivity index (χ2v) is 10.5. The van der Waals surface area contributed by atoms with E-state index in [4.69, 9.17) is 28.8 Å². The Morgan fingerprint density at radius 1 is 0.929 bits per heavy atom. The van der Waals surface area contributed by atoms with Crippen LogP contribution in [0.2, 0.25) is 0 Å². The zero-order valence-electron chi connectivity index (χ0n) is 21.7. The van der Waals surface area contributed by atoms with Crippen LogP contribution in [0.1, 0.15) is 16.6 Å². The maximum atomic E-state index is 15.9. The smallest absolute Gasteiger partial charge is 0.449 e. The molecular weight excluding hydrogens is 575 g/mol. The summed E-state index contributed by atoms with van der Waals surface area (Å²) in [5, 5.41) is 0. The van der Waals surface area contributed by atoms with Crippen molar-refractivity contribution < 1.29 is 41.2 Å². The van der Waals surface area contributed by atoms with E-state index in [1.54, 1.807) is 42.5 Å². The van der Waals surface area contributed by atoms with Crippen molar-refractivity contribution in [2.75, 3.05) is 12.3 Å². The molecule has 1 unspecified atom stereocenters. The zero-order valence-corrected chi connectivity index (χ0v) is 22.6. The normalized spacial score (nSPS) is 19.6. The molecule has 218 valence electrons. The number of phosphoric acid groups is 1. The van der Waals surface area contributed by atoms with Gasteiger partial charge in [0.15, 0.2) is 6.10 Å². The van der Waals surface area contributed by atoms with Crippen LogP contribution in [0.3, 0.4) is 0 Å². The number of hydrogen-bond donors (Lipinski definition) is 1. The molecule has 0 saturated carbocycles. The molecule has 5 rings (SSSR count). The van der Waals surface area contributed by atoms with Gasteiger partial charge in [0, 0.05) is 6.20 Å². The van der Waals surface area contributed by atoms with E-state index in [-0.39, 0.29) is 22.9 Å². The van der Waals surface area contributed by atoms with Gasteiger partial charge in [-0.3, -0.25) is 9.09 Å². The summed E-state index contributed by atoms with van der Waals surface area (Å²) in [6, 6.07) is 24.4. The minimum atomic E-state index is -4.55. The maximum Gasteiger partial charge on any atom is 0.587 e. The number of anilines is 1. The van der Waals surface area contributed by atoms with Gasteiger partial charge in [-0.1, -0.05) is 54.6 Å². The summed E-state index contributed by atoms with van der Waals surface area (Å²) in [6.07, 6.45) is -5.33. The highest BCUT2D eigenvalue weighted by Gasteiger charge is 2.63. The van der Waals surface area contributed by atoms with Crippen molar-refractivity contribution in [3.63, 3.8) is 0 Å². The van der Waals surface area contributed by atoms with Crippen LogP contribution in [0.15, 0.2) is 108 Å². The molecule has 42 heavy (non-hydrogen) atoms. The number of nitrogens with two attached hydrogens (primary N) is 1. The number of carbonyl (C=O) groups excluding carboxylic acids is 1. The molecule has 2 heterocycles. The van der Waals surface area contributed by atoms with Gasteiger partial charge in [-0.2, -0.15) is 13.8 Å². The van der Waals surface area contributed by atoms with Crippen LogP contribution < -0.4 is 20.5 Å². The van der Waals surface area contributed by atoms with Gasteiger partial charge in [0.05, 0.1) is 12.2 Å². The third-order valence-electron chi connectivity index (χ3n) is 6.02. The van der Waals surface area contributed by atoms with Crippen LogP contribution in [-0.2, 0) is 18.6 Å². The molecule has 3 atom stereocenters. The Balaban J connectivity index is 1.45. The highest BCUT2D eigenvalue weighted by atomic mass is 31.2. The molecule has 3 aromatic carbocycles. The van der Waals surface area contributed by atoms with E-state index in [0.717, 1.165) is 12.3 Å². The highest BCUT2D eigenvalue weighted by Crippen LogP contribution is 2.51. The number of ether oxygens (including phenoxy) is 2. The number of halogens is 2. The number of esters is 1. The third-order valence-corrected chi connectivity index (χ3v) is 7.35. The summed E-state index contributed by atoms with van der Waals surface area (Å²) in [7, 11) is -4.55. The average Bonchev–Trinajstić information content (AvgIpc) is 3.22. The summed E-state index contributed by atoms with van der Waals surface area (Å²) in [5.41, 5.74) is 4.37. The third kappa shape index (κ3) is 6.49. The molecule has 0 aliphatic carbocycles. The van der Waals surface area contributed by atoms with Crippen molar-refractivity contribution in [2.24, 2.45) is 0 Å². The van der Waals surface area contributed by atoms with Crippen molar-refractivity contribution in [2.45, 2.75) is 24.4 Å². The van der Waals surface area contributed by atoms with Crippen LogP contribution in [0.5, 0.6) is 11.5 Å². The maximum absolute atomic E-state index is 15.9. The molecule has 0 spiro atoms. The number of benzene rings is 3. The fourth-order valence-corrected chi connectivity index (χ4v) is 5.30. The molecule has 2 N–H and O–H groups in total. The topological polar surface area (TPSA) is 141 Å². The first-order valence-corrected chi connectivity index (χ1v) is 14.0. The summed E-state index contributed by atoms with van der Waals surface area (Å²) in [6.45, 7) is -0.854. The summed E-state index contributed by atoms with van der Waals surface area (Å²) >= 11 is 0. The van der Waals surface area contributed by atoms with E-state index in [1.807, 2.05) is 0 Å². The Kier molecular flexibility index (Phi) is 8.34. The number of hydrogen-bond acceptors (Lipinski definition) is 10. The minimum absolute atomic E-state index is 0.00627. The first kappa shape index (κ1) is 28.9. The number of nitrogens with zero attached hydrogens (tertiary/aromatic N) is 2. The Morgan fingerprint density at radius 2 is 1.48 bits per heavy atom. The number of alkyl halides is 2. The first-order chi connectivity index (χ1) is 20.1. The second kappa shape index (κ2) is 12.1. The number of aromatic nitrogens is 2. The van der Waals surface area contributed by atoms with Crippen LogP contribution >= 0.6 is 7.82 Å². The Bertz CT molecular complexity index is 1580. The standard InChI is InChI=1S/C28H24F2N3O8P/c29-28(30)24(39-25(34)19-10-4-1-5-11-19)22(38-26(28)33-17-16-23(31)32-27(33)35)18-37-42(36,40-20-12-6-2-7-13-20)41-21-14-8-3-9-15-21/h1-17,22,24,26H,18H2,(H2,31,32,35)/t22?,24-,26-/m1/s1. The average molecular weight is 599 g/mol. The summed E-state index contributed by atoms with van der Waals surface area (Å²) in [4.78, 5) is 28.7. The second-order valence-electron chi connectivity index (χ2n) is 8.99. The van der Waals surface area contributed by atoms with E-state index in [2.05, 4.69) is 4.98 Å². The zero-order chi connectivity index (χ0) is 29.7. The summed E-state index contributed by atoms with van der Waals surface area (Å²) < 4.78 is 73.3. The minimum Gasteiger partial charge on any atom is -0.449 e. The fourth-order valence-electron chi connectivity index (χ4n) is 4.07. The van der Waals surface area contributed by atoms with Gasteiger partial charge in [0.25, 0.3) is 0 Å². The fraction of sp³-hybridized carbons (Fsp3) is 0.179. The highest BCUT2D eigenvalue weighted by molar-refractivity contribution is 7.49. The lowest BCUT2D eigenvalue weighted by molar-refractivity contribution is -0.142. The van der Waals surface area contributed by atoms with Crippen molar-refractivity contribution in [3.05, 3.63) is 119 Å².